The van der Waals surface area contributed by atoms with Gasteiger partial charge in [-0.25, -0.2) is 4.39 Å². The van der Waals surface area contributed by atoms with Gasteiger partial charge in [0.25, 0.3) is 0 Å². The number of nitrogens with one attached hydrogen (secondary N) is 2. The number of hydrogen-bond acceptors (Lipinski definition) is 4. The number of para-hydroxylation sites is 1. The standard InChI is InChI=1S/C26H22FN5OS/c1-16-6-5-9-22(17(16)2)29-24(33)15-34-26-31-30-25(32(26)19-12-10-18(27)11-13-19)21-14-28-23-8-4-3-7-20(21)23/h3-14,28H,15H2,1-2H3,(H,29,33). The summed E-state index contributed by atoms with van der Waals surface area (Å²) in [6.07, 6.45) is 1.89. The van der Waals surface area contributed by atoms with Crippen LogP contribution in [0.3, 0.4) is 0 Å². The number of thioether (sulfide) groups is 1. The van der Waals surface area contributed by atoms with Crippen LogP contribution >= 0.6 is 11.8 Å². The van der Waals surface area contributed by atoms with Crippen LogP contribution in [0.1, 0.15) is 11.1 Å². The summed E-state index contributed by atoms with van der Waals surface area (Å²) in [5, 5.41) is 13.3. The van der Waals surface area contributed by atoms with Gasteiger partial charge in [0.15, 0.2) is 11.0 Å². The number of hydrogen-bond donors (Lipinski definition) is 2. The minimum Gasteiger partial charge on any atom is -0.360 e. The molecule has 0 aliphatic rings. The number of anilines is 1. The summed E-state index contributed by atoms with van der Waals surface area (Å²) in [7, 11) is 0. The van der Waals surface area contributed by atoms with Gasteiger partial charge in [0.1, 0.15) is 5.82 Å². The van der Waals surface area contributed by atoms with Gasteiger partial charge in [-0.05, 0) is 61.4 Å². The van der Waals surface area contributed by atoms with E-state index in [-0.39, 0.29) is 17.5 Å². The molecule has 1 amide bonds. The normalized spacial score (nSPS) is 11.1. The number of H-pyrrole nitrogens is 1. The largest absolute Gasteiger partial charge is 0.360 e. The van der Waals surface area contributed by atoms with E-state index in [1.165, 1.54) is 23.9 Å². The van der Waals surface area contributed by atoms with Crippen molar-refractivity contribution in [2.45, 2.75) is 19.0 Å². The molecule has 0 saturated heterocycles. The number of fused-ring (bicyclic) bond motifs is 1. The quantitative estimate of drug-likeness (QED) is 0.302. The molecule has 2 N–H and O–H groups in total. The van der Waals surface area contributed by atoms with Crippen LogP contribution in [0.4, 0.5) is 10.1 Å². The molecule has 0 aliphatic heterocycles. The second-order valence-electron chi connectivity index (χ2n) is 7.95. The second-order valence-corrected chi connectivity index (χ2v) is 8.89. The van der Waals surface area contributed by atoms with Gasteiger partial charge in [-0.15, -0.1) is 10.2 Å². The highest BCUT2D eigenvalue weighted by atomic mass is 32.2. The van der Waals surface area contributed by atoms with E-state index >= 15 is 0 Å². The zero-order valence-corrected chi connectivity index (χ0v) is 19.5. The van der Waals surface area contributed by atoms with Crippen molar-refractivity contribution in [3.05, 3.63) is 89.9 Å². The van der Waals surface area contributed by atoms with Crippen molar-refractivity contribution in [3.8, 4) is 17.1 Å². The molecule has 5 rings (SSSR count). The van der Waals surface area contributed by atoms with Crippen LogP contribution in [0.2, 0.25) is 0 Å². The number of aromatic nitrogens is 4. The molecule has 0 bridgehead atoms. The molecule has 8 heteroatoms. The Hall–Kier alpha value is -3.91. The molecule has 3 aromatic carbocycles. The zero-order chi connectivity index (χ0) is 23.7. The molecule has 0 saturated carbocycles. The molecular formula is C26H22FN5OS. The Kier molecular flexibility index (Phi) is 5.90. The van der Waals surface area contributed by atoms with Gasteiger partial charge in [-0.3, -0.25) is 9.36 Å². The minimum atomic E-state index is -0.326. The third-order valence-corrected chi connectivity index (χ3v) is 6.69. The first-order valence-corrected chi connectivity index (χ1v) is 11.8. The fourth-order valence-electron chi connectivity index (χ4n) is 3.82. The molecular weight excluding hydrogens is 449 g/mol. The number of amides is 1. The van der Waals surface area contributed by atoms with Crippen LogP contribution < -0.4 is 5.32 Å². The predicted octanol–water partition coefficient (Wildman–Crippen LogP) is 5.90. The van der Waals surface area contributed by atoms with Gasteiger partial charge in [-0.1, -0.05) is 42.1 Å². The second kappa shape index (κ2) is 9.15. The van der Waals surface area contributed by atoms with Crippen molar-refractivity contribution in [1.29, 1.82) is 0 Å². The molecule has 2 aromatic heterocycles. The van der Waals surface area contributed by atoms with Gasteiger partial charge in [0, 0.05) is 34.0 Å². The van der Waals surface area contributed by atoms with E-state index in [1.807, 2.05) is 67.1 Å². The fraction of sp³-hybridized carbons (Fsp3) is 0.115. The number of rotatable bonds is 6. The average molecular weight is 472 g/mol. The molecule has 170 valence electrons. The summed E-state index contributed by atoms with van der Waals surface area (Å²) in [5.41, 5.74) is 5.52. The highest BCUT2D eigenvalue weighted by Gasteiger charge is 2.20. The first kappa shape index (κ1) is 21.9. The lowest BCUT2D eigenvalue weighted by molar-refractivity contribution is -0.113. The Morgan fingerprint density at radius 1 is 1.03 bits per heavy atom. The van der Waals surface area contributed by atoms with Crippen molar-refractivity contribution < 1.29 is 9.18 Å². The maximum atomic E-state index is 13.6. The number of carbonyl (C=O) groups is 1. The molecule has 0 radical (unpaired) electrons. The van der Waals surface area contributed by atoms with E-state index in [0.29, 0.717) is 16.7 Å². The summed E-state index contributed by atoms with van der Waals surface area (Å²) in [5.74, 6) is 0.302. The highest BCUT2D eigenvalue weighted by Crippen LogP contribution is 2.32. The summed E-state index contributed by atoms with van der Waals surface area (Å²) in [6, 6.07) is 19.9. The molecule has 34 heavy (non-hydrogen) atoms. The summed E-state index contributed by atoms with van der Waals surface area (Å²) < 4.78 is 15.5. The van der Waals surface area contributed by atoms with E-state index < -0.39 is 0 Å². The van der Waals surface area contributed by atoms with Crippen LogP contribution in [-0.4, -0.2) is 31.4 Å². The monoisotopic (exact) mass is 471 g/mol. The Morgan fingerprint density at radius 2 is 1.82 bits per heavy atom. The molecule has 5 aromatic rings. The Bertz CT molecular complexity index is 1490. The lowest BCUT2D eigenvalue weighted by Crippen LogP contribution is -2.15. The van der Waals surface area contributed by atoms with Gasteiger partial charge >= 0.3 is 0 Å². The predicted molar refractivity (Wildman–Crippen MR) is 134 cm³/mol. The van der Waals surface area contributed by atoms with Crippen molar-refractivity contribution >= 4 is 34.3 Å². The number of aryl methyl sites for hydroxylation is 1. The lowest BCUT2D eigenvalue weighted by Gasteiger charge is -2.11. The average Bonchev–Trinajstić information content (AvgIpc) is 3.45. The smallest absolute Gasteiger partial charge is 0.234 e. The Labute approximate surface area is 200 Å². The Morgan fingerprint density at radius 3 is 2.65 bits per heavy atom. The maximum Gasteiger partial charge on any atom is 0.234 e. The zero-order valence-electron chi connectivity index (χ0n) is 18.7. The lowest BCUT2D eigenvalue weighted by atomic mass is 10.1. The topological polar surface area (TPSA) is 75.6 Å². The maximum absolute atomic E-state index is 13.6. The molecule has 2 heterocycles. The third-order valence-electron chi connectivity index (χ3n) is 5.76. The van der Waals surface area contributed by atoms with Crippen LogP contribution in [-0.2, 0) is 4.79 Å². The van der Waals surface area contributed by atoms with Crippen molar-refractivity contribution in [1.82, 2.24) is 19.7 Å². The number of nitrogens with zero attached hydrogens (tertiary/aromatic N) is 3. The Balaban J connectivity index is 1.47. The number of aromatic amines is 1. The third kappa shape index (κ3) is 4.20. The van der Waals surface area contributed by atoms with E-state index in [4.69, 9.17) is 0 Å². The SMILES string of the molecule is Cc1cccc(NC(=O)CSc2nnc(-c3c[nH]c4ccccc34)n2-c2ccc(F)cc2)c1C. The number of benzene rings is 3. The summed E-state index contributed by atoms with van der Waals surface area (Å²) in [4.78, 5) is 16.0. The van der Waals surface area contributed by atoms with E-state index in [9.17, 15) is 9.18 Å². The summed E-state index contributed by atoms with van der Waals surface area (Å²) >= 11 is 1.28. The number of halogens is 1. The highest BCUT2D eigenvalue weighted by molar-refractivity contribution is 7.99. The van der Waals surface area contributed by atoms with Crippen molar-refractivity contribution in [2.24, 2.45) is 0 Å². The first-order chi connectivity index (χ1) is 16.5. The molecule has 0 aliphatic carbocycles. The van der Waals surface area contributed by atoms with Crippen LogP contribution in [0.25, 0.3) is 28.0 Å². The number of carbonyl (C=O) groups excluding carboxylic acids is 1. The molecule has 0 unspecified atom stereocenters. The fourth-order valence-corrected chi connectivity index (χ4v) is 4.57. The van der Waals surface area contributed by atoms with Crippen LogP contribution in [0, 0.1) is 19.7 Å². The van der Waals surface area contributed by atoms with Crippen molar-refractivity contribution in [2.75, 3.05) is 11.1 Å². The van der Waals surface area contributed by atoms with E-state index in [1.54, 1.807) is 12.1 Å². The molecule has 0 spiro atoms. The van der Waals surface area contributed by atoms with Crippen molar-refractivity contribution in [3.63, 3.8) is 0 Å². The van der Waals surface area contributed by atoms with Gasteiger partial charge in [0.05, 0.1) is 5.75 Å². The molecule has 0 atom stereocenters. The van der Waals surface area contributed by atoms with Gasteiger partial charge in [0.2, 0.25) is 5.91 Å². The van der Waals surface area contributed by atoms with Crippen LogP contribution in [0.15, 0.2) is 78.1 Å². The van der Waals surface area contributed by atoms with Gasteiger partial charge < -0.3 is 10.3 Å². The van der Waals surface area contributed by atoms with E-state index in [0.717, 1.165) is 33.3 Å². The molecule has 0 fully saturated rings. The van der Waals surface area contributed by atoms with Gasteiger partial charge in [-0.2, -0.15) is 0 Å². The summed E-state index contributed by atoms with van der Waals surface area (Å²) in [6.45, 7) is 3.99. The minimum absolute atomic E-state index is 0.138. The van der Waals surface area contributed by atoms with E-state index in [2.05, 4.69) is 20.5 Å². The van der Waals surface area contributed by atoms with Crippen LogP contribution in [0.5, 0.6) is 0 Å². The first-order valence-electron chi connectivity index (χ1n) is 10.8. The molecule has 6 nitrogen and oxygen atoms in total.